The van der Waals surface area contributed by atoms with Crippen molar-refractivity contribution in [3.63, 3.8) is 0 Å². The molecule has 3 heteroatoms. The van der Waals surface area contributed by atoms with Crippen molar-refractivity contribution < 1.29 is 4.74 Å². The Hall–Kier alpha value is -1.32. The summed E-state index contributed by atoms with van der Waals surface area (Å²) < 4.78 is 5.51. The summed E-state index contributed by atoms with van der Waals surface area (Å²) in [5.41, 5.74) is 2.50. The van der Waals surface area contributed by atoms with E-state index in [2.05, 4.69) is 49.5 Å². The molecule has 0 aliphatic carbocycles. The van der Waals surface area contributed by atoms with Crippen molar-refractivity contribution in [2.75, 3.05) is 14.2 Å². The predicted octanol–water partition coefficient (Wildman–Crippen LogP) is 4.13. The van der Waals surface area contributed by atoms with E-state index in [4.69, 9.17) is 4.74 Å². The van der Waals surface area contributed by atoms with Crippen LogP contribution in [0.2, 0.25) is 0 Å². The second-order valence-corrected chi connectivity index (χ2v) is 6.27. The molecule has 0 aliphatic heterocycles. The first kappa shape index (κ1) is 15.1. The summed E-state index contributed by atoms with van der Waals surface area (Å²) in [6, 6.07) is 11.1. The van der Waals surface area contributed by atoms with Crippen LogP contribution in [0.4, 0.5) is 0 Å². The van der Waals surface area contributed by atoms with E-state index in [0.717, 1.165) is 18.6 Å². The maximum atomic E-state index is 5.51. The van der Waals surface area contributed by atoms with Crippen LogP contribution in [-0.2, 0) is 12.8 Å². The molecule has 0 aliphatic rings. The fourth-order valence-corrected chi connectivity index (χ4v) is 3.42. The summed E-state index contributed by atoms with van der Waals surface area (Å²) in [6.07, 6.45) is 2.11. The van der Waals surface area contributed by atoms with Gasteiger partial charge in [-0.15, -0.1) is 11.3 Å². The molecule has 0 saturated heterocycles. The zero-order chi connectivity index (χ0) is 14.5. The third-order valence-electron chi connectivity index (χ3n) is 3.58. The van der Waals surface area contributed by atoms with Crippen LogP contribution >= 0.6 is 11.3 Å². The van der Waals surface area contributed by atoms with Gasteiger partial charge in [-0.05, 0) is 38.6 Å². The van der Waals surface area contributed by atoms with Crippen LogP contribution in [0.25, 0.3) is 0 Å². The molecule has 1 aromatic carbocycles. The molecule has 2 nitrogen and oxygen atoms in total. The molecule has 20 heavy (non-hydrogen) atoms. The summed E-state index contributed by atoms with van der Waals surface area (Å²) in [7, 11) is 3.75. The van der Waals surface area contributed by atoms with Crippen molar-refractivity contribution in [1.82, 2.24) is 5.32 Å². The van der Waals surface area contributed by atoms with Gasteiger partial charge in [0, 0.05) is 27.8 Å². The van der Waals surface area contributed by atoms with Crippen LogP contribution in [0.1, 0.15) is 33.8 Å². The monoisotopic (exact) mass is 289 g/mol. The Kier molecular flexibility index (Phi) is 5.21. The summed E-state index contributed by atoms with van der Waals surface area (Å²) in [6.45, 7) is 4.32. The molecule has 0 bridgehead atoms. The van der Waals surface area contributed by atoms with E-state index in [1.54, 1.807) is 7.11 Å². The van der Waals surface area contributed by atoms with Gasteiger partial charge in [0.15, 0.2) is 0 Å². The van der Waals surface area contributed by atoms with Crippen molar-refractivity contribution in [1.29, 1.82) is 0 Å². The summed E-state index contributed by atoms with van der Waals surface area (Å²) >= 11 is 1.91. The third kappa shape index (κ3) is 3.41. The highest BCUT2D eigenvalue weighted by atomic mass is 32.1. The minimum absolute atomic E-state index is 0.285. The second kappa shape index (κ2) is 6.91. The number of ether oxygens (including phenoxy) is 1. The predicted molar refractivity (Wildman–Crippen MR) is 86.9 cm³/mol. The molecular weight excluding hydrogens is 266 g/mol. The average Bonchev–Trinajstić information content (AvgIpc) is 2.92. The standard InChI is InChI=1S/C17H23NOS/c1-5-13-7-8-14(20-13)11-16(18-3)15-10-12(2)6-9-17(15)19-4/h6-10,16,18H,5,11H2,1-4H3. The highest BCUT2D eigenvalue weighted by Crippen LogP contribution is 2.30. The van der Waals surface area contributed by atoms with Gasteiger partial charge in [0.25, 0.3) is 0 Å². The fourth-order valence-electron chi connectivity index (χ4n) is 2.42. The first-order chi connectivity index (χ1) is 9.67. The minimum atomic E-state index is 0.285. The topological polar surface area (TPSA) is 21.3 Å². The van der Waals surface area contributed by atoms with Gasteiger partial charge in [-0.25, -0.2) is 0 Å². The molecule has 0 amide bonds. The summed E-state index contributed by atoms with van der Waals surface area (Å²) in [5.74, 6) is 0.960. The number of hydrogen-bond acceptors (Lipinski definition) is 3. The molecule has 0 fully saturated rings. The number of thiophene rings is 1. The van der Waals surface area contributed by atoms with Gasteiger partial charge in [0.2, 0.25) is 0 Å². The number of methoxy groups -OCH3 is 1. The maximum absolute atomic E-state index is 5.51. The zero-order valence-corrected chi connectivity index (χ0v) is 13.5. The fraction of sp³-hybridized carbons (Fsp3) is 0.412. The Morgan fingerprint density at radius 1 is 1.20 bits per heavy atom. The molecule has 0 saturated carbocycles. The SMILES string of the molecule is CCc1ccc(CC(NC)c2cc(C)ccc2OC)s1. The van der Waals surface area contributed by atoms with Crippen LogP contribution in [0.3, 0.4) is 0 Å². The highest BCUT2D eigenvalue weighted by Gasteiger charge is 2.16. The van der Waals surface area contributed by atoms with Gasteiger partial charge in [0.1, 0.15) is 5.75 Å². The molecule has 2 rings (SSSR count). The molecule has 1 unspecified atom stereocenters. The lowest BCUT2D eigenvalue weighted by Gasteiger charge is -2.19. The van der Waals surface area contributed by atoms with Gasteiger partial charge in [-0.2, -0.15) is 0 Å². The molecule has 108 valence electrons. The van der Waals surface area contributed by atoms with E-state index < -0.39 is 0 Å². The van der Waals surface area contributed by atoms with Crippen molar-refractivity contribution >= 4 is 11.3 Å². The van der Waals surface area contributed by atoms with Crippen LogP contribution in [-0.4, -0.2) is 14.2 Å². The molecule has 1 aromatic heterocycles. The van der Waals surface area contributed by atoms with Gasteiger partial charge < -0.3 is 10.1 Å². The number of nitrogens with one attached hydrogen (secondary N) is 1. The Bertz CT molecular complexity index is 562. The van der Waals surface area contributed by atoms with E-state index in [9.17, 15) is 0 Å². The van der Waals surface area contributed by atoms with E-state index in [-0.39, 0.29) is 6.04 Å². The Morgan fingerprint density at radius 2 is 1.95 bits per heavy atom. The number of aryl methyl sites for hydroxylation is 2. The van der Waals surface area contributed by atoms with Gasteiger partial charge >= 0.3 is 0 Å². The lowest BCUT2D eigenvalue weighted by Crippen LogP contribution is -2.19. The smallest absolute Gasteiger partial charge is 0.123 e. The molecule has 2 aromatic rings. The first-order valence-corrected chi connectivity index (χ1v) is 7.89. The molecule has 1 heterocycles. The largest absolute Gasteiger partial charge is 0.496 e. The number of rotatable bonds is 6. The van der Waals surface area contributed by atoms with E-state index >= 15 is 0 Å². The first-order valence-electron chi connectivity index (χ1n) is 7.07. The summed E-state index contributed by atoms with van der Waals surface area (Å²) in [5, 5.41) is 3.42. The van der Waals surface area contributed by atoms with E-state index in [1.165, 1.54) is 20.9 Å². The van der Waals surface area contributed by atoms with Crippen LogP contribution < -0.4 is 10.1 Å². The Labute approximate surface area is 125 Å². The normalized spacial score (nSPS) is 12.4. The molecular formula is C17H23NOS. The molecule has 0 spiro atoms. The van der Waals surface area contributed by atoms with Crippen molar-refractivity contribution in [3.05, 3.63) is 51.2 Å². The van der Waals surface area contributed by atoms with E-state index in [0.29, 0.717) is 0 Å². The van der Waals surface area contributed by atoms with Gasteiger partial charge in [0.05, 0.1) is 7.11 Å². The van der Waals surface area contributed by atoms with Crippen LogP contribution in [0.15, 0.2) is 30.3 Å². The Morgan fingerprint density at radius 3 is 2.55 bits per heavy atom. The number of likely N-dealkylation sites (N-methyl/N-ethyl adjacent to an activating group) is 1. The zero-order valence-electron chi connectivity index (χ0n) is 12.7. The minimum Gasteiger partial charge on any atom is -0.496 e. The van der Waals surface area contributed by atoms with Gasteiger partial charge in [-0.3, -0.25) is 0 Å². The molecule has 0 radical (unpaired) electrons. The van der Waals surface area contributed by atoms with Crippen LogP contribution in [0.5, 0.6) is 5.75 Å². The average molecular weight is 289 g/mol. The molecule has 1 atom stereocenters. The number of hydrogen-bond donors (Lipinski definition) is 1. The highest BCUT2D eigenvalue weighted by molar-refractivity contribution is 7.11. The third-order valence-corrected chi connectivity index (χ3v) is 4.83. The maximum Gasteiger partial charge on any atom is 0.123 e. The lowest BCUT2D eigenvalue weighted by molar-refractivity contribution is 0.401. The van der Waals surface area contributed by atoms with Crippen LogP contribution in [0, 0.1) is 6.92 Å². The number of benzene rings is 1. The van der Waals surface area contributed by atoms with E-state index in [1.807, 2.05) is 18.4 Å². The van der Waals surface area contributed by atoms with Crippen molar-refractivity contribution in [2.24, 2.45) is 0 Å². The van der Waals surface area contributed by atoms with Crippen molar-refractivity contribution in [3.8, 4) is 5.75 Å². The Balaban J connectivity index is 2.25. The van der Waals surface area contributed by atoms with Gasteiger partial charge in [-0.1, -0.05) is 24.6 Å². The lowest BCUT2D eigenvalue weighted by atomic mass is 10.00. The molecule has 1 N–H and O–H groups in total. The van der Waals surface area contributed by atoms with Crippen molar-refractivity contribution in [2.45, 2.75) is 32.7 Å². The summed E-state index contributed by atoms with van der Waals surface area (Å²) in [4.78, 5) is 2.87. The quantitative estimate of drug-likeness (QED) is 0.863. The second-order valence-electron chi connectivity index (χ2n) is 5.01.